The second-order valence-electron chi connectivity index (χ2n) is 4.73. The van der Waals surface area contributed by atoms with Crippen molar-refractivity contribution in [3.8, 4) is 0 Å². The fourth-order valence-electron chi connectivity index (χ4n) is 2.00. The maximum absolute atomic E-state index is 4.16. The molecule has 0 bridgehead atoms. The number of nitrogens with zero attached hydrogens (tertiary/aromatic N) is 1. The standard InChI is InChI=1S/C17H20N/c1-15(2)18(13-16-9-5-3-6-10-16)14-17-11-7-4-8-12-17/h3-12,15H,1,13-14H2,2H3. The molecule has 1 unspecified atom stereocenters. The molecule has 2 aromatic rings. The Bertz CT molecular complexity index is 406. The van der Waals surface area contributed by atoms with Crippen LogP contribution in [0.25, 0.3) is 0 Å². The molecular weight excluding hydrogens is 218 g/mol. The van der Waals surface area contributed by atoms with E-state index in [1.807, 2.05) is 0 Å². The molecule has 0 fully saturated rings. The van der Waals surface area contributed by atoms with Crippen LogP contribution in [0.1, 0.15) is 18.1 Å². The molecule has 0 saturated carbocycles. The highest BCUT2D eigenvalue weighted by atomic mass is 15.1. The van der Waals surface area contributed by atoms with Gasteiger partial charge in [-0.15, -0.1) is 0 Å². The zero-order valence-corrected chi connectivity index (χ0v) is 10.9. The predicted molar refractivity (Wildman–Crippen MR) is 77.0 cm³/mol. The molecule has 0 heterocycles. The molecule has 0 aliphatic heterocycles. The molecule has 2 aromatic carbocycles. The first-order valence-electron chi connectivity index (χ1n) is 6.40. The Kier molecular flexibility index (Phi) is 4.54. The quantitative estimate of drug-likeness (QED) is 0.763. The summed E-state index contributed by atoms with van der Waals surface area (Å²) in [5, 5.41) is 0. The largest absolute Gasteiger partial charge is 0.292 e. The van der Waals surface area contributed by atoms with Crippen molar-refractivity contribution >= 4 is 0 Å². The average Bonchev–Trinajstić information content (AvgIpc) is 2.40. The van der Waals surface area contributed by atoms with Gasteiger partial charge in [0.15, 0.2) is 0 Å². The van der Waals surface area contributed by atoms with Gasteiger partial charge in [0.05, 0.1) is 0 Å². The third-order valence-corrected chi connectivity index (χ3v) is 3.08. The van der Waals surface area contributed by atoms with Gasteiger partial charge in [-0.05, 0) is 25.0 Å². The molecule has 0 saturated heterocycles. The molecule has 93 valence electrons. The van der Waals surface area contributed by atoms with E-state index in [0.29, 0.717) is 6.04 Å². The van der Waals surface area contributed by atoms with Crippen molar-refractivity contribution in [1.29, 1.82) is 0 Å². The first-order chi connectivity index (χ1) is 8.75. The lowest BCUT2D eigenvalue weighted by Gasteiger charge is -2.26. The topological polar surface area (TPSA) is 3.24 Å². The van der Waals surface area contributed by atoms with Gasteiger partial charge < -0.3 is 0 Å². The van der Waals surface area contributed by atoms with Gasteiger partial charge in [0.2, 0.25) is 0 Å². The second kappa shape index (κ2) is 6.36. The lowest BCUT2D eigenvalue weighted by atomic mass is 10.1. The summed E-state index contributed by atoms with van der Waals surface area (Å²) >= 11 is 0. The normalized spacial score (nSPS) is 11.1. The summed E-state index contributed by atoms with van der Waals surface area (Å²) < 4.78 is 0. The zero-order valence-electron chi connectivity index (χ0n) is 10.9. The van der Waals surface area contributed by atoms with E-state index in [4.69, 9.17) is 0 Å². The molecule has 0 aliphatic carbocycles. The minimum atomic E-state index is 0.297. The van der Waals surface area contributed by atoms with Crippen molar-refractivity contribution in [2.45, 2.75) is 26.1 Å². The van der Waals surface area contributed by atoms with E-state index in [1.54, 1.807) is 0 Å². The molecule has 1 heteroatoms. The highest BCUT2D eigenvalue weighted by Crippen LogP contribution is 2.12. The van der Waals surface area contributed by atoms with Crippen LogP contribution < -0.4 is 0 Å². The minimum Gasteiger partial charge on any atom is -0.292 e. The Balaban J connectivity index is 2.05. The molecule has 0 aliphatic rings. The van der Waals surface area contributed by atoms with Crippen LogP contribution in [0.3, 0.4) is 0 Å². The molecule has 1 nitrogen and oxygen atoms in total. The third-order valence-electron chi connectivity index (χ3n) is 3.08. The highest BCUT2D eigenvalue weighted by Gasteiger charge is 2.10. The van der Waals surface area contributed by atoms with Crippen LogP contribution in [0, 0.1) is 6.92 Å². The average molecular weight is 238 g/mol. The number of rotatable bonds is 5. The zero-order chi connectivity index (χ0) is 12.8. The second-order valence-corrected chi connectivity index (χ2v) is 4.73. The molecule has 0 aromatic heterocycles. The van der Waals surface area contributed by atoms with Crippen molar-refractivity contribution in [3.63, 3.8) is 0 Å². The fraction of sp³-hybridized carbons (Fsp3) is 0.235. The molecule has 1 atom stereocenters. The first-order valence-corrected chi connectivity index (χ1v) is 6.40. The Labute approximate surface area is 110 Å². The summed E-state index contributed by atoms with van der Waals surface area (Å²) in [4.78, 5) is 2.38. The van der Waals surface area contributed by atoms with Crippen molar-refractivity contribution < 1.29 is 0 Å². The summed E-state index contributed by atoms with van der Waals surface area (Å²) in [6.45, 7) is 8.19. The van der Waals surface area contributed by atoms with E-state index in [2.05, 4.69) is 79.4 Å². The predicted octanol–water partition coefficient (Wildman–Crippen LogP) is 3.91. The van der Waals surface area contributed by atoms with E-state index < -0.39 is 0 Å². The summed E-state index contributed by atoms with van der Waals surface area (Å²) in [6.07, 6.45) is 0. The van der Waals surface area contributed by atoms with E-state index in [1.165, 1.54) is 11.1 Å². The van der Waals surface area contributed by atoms with Crippen LogP contribution in [-0.4, -0.2) is 10.9 Å². The lowest BCUT2D eigenvalue weighted by molar-refractivity contribution is 0.221. The van der Waals surface area contributed by atoms with Crippen molar-refractivity contribution in [2.24, 2.45) is 0 Å². The molecule has 18 heavy (non-hydrogen) atoms. The minimum absolute atomic E-state index is 0.297. The summed E-state index contributed by atoms with van der Waals surface area (Å²) in [5.74, 6) is 0. The number of hydrogen-bond acceptors (Lipinski definition) is 1. The number of benzene rings is 2. The lowest BCUT2D eigenvalue weighted by Crippen LogP contribution is -2.30. The summed E-state index contributed by atoms with van der Waals surface area (Å²) in [6, 6.07) is 21.4. The van der Waals surface area contributed by atoms with Crippen molar-refractivity contribution in [3.05, 3.63) is 78.7 Å². The van der Waals surface area contributed by atoms with Crippen LogP contribution in [0.2, 0.25) is 0 Å². The highest BCUT2D eigenvalue weighted by molar-refractivity contribution is 5.17. The van der Waals surface area contributed by atoms with E-state index in [0.717, 1.165) is 13.1 Å². The fourth-order valence-corrected chi connectivity index (χ4v) is 2.00. The Morgan fingerprint density at radius 3 is 1.56 bits per heavy atom. The van der Waals surface area contributed by atoms with Crippen LogP contribution in [-0.2, 0) is 13.1 Å². The SMILES string of the molecule is [CH2]C(C)N(Cc1ccccc1)Cc1ccccc1. The van der Waals surface area contributed by atoms with Gasteiger partial charge in [0.25, 0.3) is 0 Å². The molecule has 0 spiro atoms. The van der Waals surface area contributed by atoms with Crippen molar-refractivity contribution in [1.82, 2.24) is 4.90 Å². The molecule has 0 amide bonds. The maximum Gasteiger partial charge on any atom is 0.0240 e. The molecule has 2 rings (SSSR count). The van der Waals surface area contributed by atoms with Gasteiger partial charge >= 0.3 is 0 Å². The Hall–Kier alpha value is -1.60. The number of hydrogen-bond donors (Lipinski definition) is 0. The Morgan fingerprint density at radius 1 is 0.833 bits per heavy atom. The third kappa shape index (κ3) is 3.71. The van der Waals surface area contributed by atoms with Crippen LogP contribution in [0.15, 0.2) is 60.7 Å². The molecule has 0 N–H and O–H groups in total. The van der Waals surface area contributed by atoms with Gasteiger partial charge in [-0.1, -0.05) is 60.7 Å². The monoisotopic (exact) mass is 238 g/mol. The Morgan fingerprint density at radius 2 is 1.22 bits per heavy atom. The smallest absolute Gasteiger partial charge is 0.0240 e. The van der Waals surface area contributed by atoms with Crippen molar-refractivity contribution in [2.75, 3.05) is 0 Å². The van der Waals surface area contributed by atoms with Gasteiger partial charge in [-0.2, -0.15) is 0 Å². The van der Waals surface area contributed by atoms with Crippen LogP contribution >= 0.6 is 0 Å². The molecule has 1 radical (unpaired) electrons. The van der Waals surface area contributed by atoms with Crippen LogP contribution in [0.4, 0.5) is 0 Å². The van der Waals surface area contributed by atoms with Crippen LogP contribution in [0.5, 0.6) is 0 Å². The van der Waals surface area contributed by atoms with E-state index >= 15 is 0 Å². The van der Waals surface area contributed by atoms with Gasteiger partial charge in [-0.3, -0.25) is 4.90 Å². The van der Waals surface area contributed by atoms with E-state index in [-0.39, 0.29) is 0 Å². The maximum atomic E-state index is 4.16. The summed E-state index contributed by atoms with van der Waals surface area (Å²) in [7, 11) is 0. The molecular formula is C17H20N. The van der Waals surface area contributed by atoms with Gasteiger partial charge in [0.1, 0.15) is 0 Å². The first kappa shape index (κ1) is 12.8. The van der Waals surface area contributed by atoms with E-state index in [9.17, 15) is 0 Å². The van der Waals surface area contributed by atoms with Gasteiger partial charge in [-0.25, -0.2) is 0 Å². The van der Waals surface area contributed by atoms with Gasteiger partial charge in [0, 0.05) is 19.1 Å². The summed E-state index contributed by atoms with van der Waals surface area (Å²) in [5.41, 5.74) is 2.67.